The third-order valence-electron chi connectivity index (χ3n) is 3.03. The number of rotatable bonds is 7. The number of unbranched alkanes of at least 4 members (excludes halogenated alkanes) is 1. The quantitative estimate of drug-likeness (QED) is 0.630. The van der Waals surface area contributed by atoms with E-state index in [-0.39, 0.29) is 12.1 Å². The summed E-state index contributed by atoms with van der Waals surface area (Å²) in [5.41, 5.74) is 0. The van der Waals surface area contributed by atoms with Crippen LogP contribution in [0.1, 0.15) is 39.5 Å². The number of nitrogens with zero attached hydrogens (tertiary/aromatic N) is 1. The van der Waals surface area contributed by atoms with E-state index >= 15 is 0 Å². The van der Waals surface area contributed by atoms with Gasteiger partial charge in [-0.25, -0.2) is 9.59 Å². The third-order valence-corrected chi connectivity index (χ3v) is 3.03. The summed E-state index contributed by atoms with van der Waals surface area (Å²) < 4.78 is 0. The van der Waals surface area contributed by atoms with Crippen LogP contribution in [0.3, 0.4) is 0 Å². The molecule has 0 unspecified atom stereocenters. The molecule has 0 bridgehead atoms. The number of carboxylic acid groups (broad SMARTS) is 1. The average Bonchev–Trinajstić information content (AvgIpc) is 3.09. The van der Waals surface area contributed by atoms with Crippen molar-refractivity contribution in [2.75, 3.05) is 6.54 Å². The number of carbonyl (C=O) groups is 2. The lowest BCUT2D eigenvalue weighted by atomic mass is 10.2. The molecule has 3 N–H and O–H groups in total. The van der Waals surface area contributed by atoms with Crippen LogP contribution in [0.15, 0.2) is 0 Å². The number of hydrogen-bond donors (Lipinski definition) is 3. The first kappa shape index (κ1) is 14.8. The van der Waals surface area contributed by atoms with E-state index in [0.717, 1.165) is 25.7 Å². The molecule has 2 atom stereocenters. The van der Waals surface area contributed by atoms with Crippen LogP contribution >= 0.6 is 0 Å². The summed E-state index contributed by atoms with van der Waals surface area (Å²) in [5.74, 6) is -1.22. The molecule has 1 aliphatic rings. The zero-order valence-corrected chi connectivity index (χ0v) is 10.9. The van der Waals surface area contributed by atoms with Gasteiger partial charge in [-0.1, -0.05) is 13.3 Å². The molecule has 0 saturated heterocycles. The van der Waals surface area contributed by atoms with Gasteiger partial charge >= 0.3 is 12.0 Å². The molecule has 0 spiro atoms. The highest BCUT2D eigenvalue weighted by Gasteiger charge is 2.34. The zero-order chi connectivity index (χ0) is 13.7. The van der Waals surface area contributed by atoms with Crippen LogP contribution in [0.25, 0.3) is 0 Å². The highest BCUT2D eigenvalue weighted by molar-refractivity contribution is 5.83. The first-order chi connectivity index (χ1) is 8.47. The maximum Gasteiger partial charge on any atom is 0.328 e. The van der Waals surface area contributed by atoms with Crippen LogP contribution in [-0.4, -0.2) is 51.8 Å². The lowest BCUT2D eigenvalue weighted by molar-refractivity contribution is -0.141. The van der Waals surface area contributed by atoms with E-state index < -0.39 is 18.1 Å². The summed E-state index contributed by atoms with van der Waals surface area (Å²) in [4.78, 5) is 24.6. The smallest absolute Gasteiger partial charge is 0.328 e. The van der Waals surface area contributed by atoms with Crippen molar-refractivity contribution >= 4 is 12.0 Å². The molecule has 0 aliphatic heterocycles. The van der Waals surface area contributed by atoms with E-state index in [4.69, 9.17) is 5.11 Å². The normalized spacial score (nSPS) is 17.9. The van der Waals surface area contributed by atoms with Gasteiger partial charge in [0.2, 0.25) is 0 Å². The minimum Gasteiger partial charge on any atom is -0.480 e. The molecule has 0 aromatic rings. The Morgan fingerprint density at radius 3 is 2.44 bits per heavy atom. The van der Waals surface area contributed by atoms with Crippen LogP contribution in [0.5, 0.6) is 0 Å². The molecule has 1 rings (SSSR count). The van der Waals surface area contributed by atoms with Crippen LogP contribution < -0.4 is 5.32 Å². The maximum absolute atomic E-state index is 12.0. The number of carboxylic acids is 1. The van der Waals surface area contributed by atoms with Gasteiger partial charge < -0.3 is 20.4 Å². The number of aliphatic hydroxyl groups is 1. The molecular formula is C12H22N2O4. The van der Waals surface area contributed by atoms with E-state index in [1.54, 1.807) is 4.90 Å². The predicted octanol–water partition coefficient (Wildman–Crippen LogP) is 0.794. The highest BCUT2D eigenvalue weighted by Crippen LogP contribution is 2.27. The van der Waals surface area contributed by atoms with Gasteiger partial charge in [-0.05, 0) is 26.2 Å². The summed E-state index contributed by atoms with van der Waals surface area (Å²) in [6.07, 6.45) is 2.72. The molecule has 104 valence electrons. The Balaban J connectivity index is 2.56. The van der Waals surface area contributed by atoms with E-state index in [1.165, 1.54) is 6.92 Å². The largest absolute Gasteiger partial charge is 0.480 e. The molecule has 0 aromatic carbocycles. The molecule has 0 aromatic heterocycles. The minimum absolute atomic E-state index is 0.236. The van der Waals surface area contributed by atoms with Gasteiger partial charge in [0.25, 0.3) is 0 Å². The third kappa shape index (κ3) is 4.18. The van der Waals surface area contributed by atoms with Gasteiger partial charge in [-0.15, -0.1) is 0 Å². The Morgan fingerprint density at radius 1 is 1.44 bits per heavy atom. The van der Waals surface area contributed by atoms with Crippen molar-refractivity contribution in [1.29, 1.82) is 0 Å². The number of carbonyl (C=O) groups excluding carboxylic acids is 1. The second-order valence-electron chi connectivity index (χ2n) is 4.78. The van der Waals surface area contributed by atoms with Crippen molar-refractivity contribution in [2.24, 2.45) is 0 Å². The second-order valence-corrected chi connectivity index (χ2v) is 4.78. The van der Waals surface area contributed by atoms with Crippen LogP contribution in [-0.2, 0) is 4.79 Å². The summed E-state index contributed by atoms with van der Waals surface area (Å²) >= 11 is 0. The molecule has 6 heteroatoms. The van der Waals surface area contributed by atoms with Gasteiger partial charge in [0.1, 0.15) is 0 Å². The first-order valence-electron chi connectivity index (χ1n) is 6.45. The van der Waals surface area contributed by atoms with Crippen molar-refractivity contribution in [1.82, 2.24) is 10.2 Å². The SMILES string of the molecule is CCCCN(C(=O)N[C@H](C(=O)O)[C@@H](C)O)C1CC1. The van der Waals surface area contributed by atoms with Crippen LogP contribution in [0, 0.1) is 0 Å². The molecule has 1 saturated carbocycles. The van der Waals surface area contributed by atoms with Crippen molar-refractivity contribution in [3.8, 4) is 0 Å². The van der Waals surface area contributed by atoms with Crippen LogP contribution in [0.2, 0.25) is 0 Å². The van der Waals surface area contributed by atoms with Gasteiger partial charge in [-0.2, -0.15) is 0 Å². The summed E-state index contributed by atoms with van der Waals surface area (Å²) in [6, 6.07) is -1.40. The molecule has 1 aliphatic carbocycles. The molecule has 6 nitrogen and oxygen atoms in total. The lowest BCUT2D eigenvalue weighted by Crippen LogP contribution is -2.53. The fourth-order valence-electron chi connectivity index (χ4n) is 1.77. The van der Waals surface area contributed by atoms with Crippen molar-refractivity contribution < 1.29 is 19.8 Å². The number of urea groups is 1. The van der Waals surface area contributed by atoms with E-state index in [2.05, 4.69) is 5.32 Å². The van der Waals surface area contributed by atoms with E-state index in [0.29, 0.717) is 6.54 Å². The molecule has 0 radical (unpaired) electrons. The van der Waals surface area contributed by atoms with Gasteiger partial charge in [-0.3, -0.25) is 0 Å². The zero-order valence-electron chi connectivity index (χ0n) is 10.9. The summed E-state index contributed by atoms with van der Waals surface area (Å²) in [7, 11) is 0. The Bertz CT molecular complexity index is 302. The van der Waals surface area contributed by atoms with E-state index in [1.807, 2.05) is 6.92 Å². The Kier molecular flexibility index (Phi) is 5.40. The summed E-state index contributed by atoms with van der Waals surface area (Å²) in [6.45, 7) is 4.03. The van der Waals surface area contributed by atoms with Crippen molar-refractivity contribution in [3.05, 3.63) is 0 Å². The Labute approximate surface area is 107 Å². The molecule has 1 fully saturated rings. The predicted molar refractivity (Wildman–Crippen MR) is 66.3 cm³/mol. The van der Waals surface area contributed by atoms with Gasteiger partial charge in [0.15, 0.2) is 6.04 Å². The highest BCUT2D eigenvalue weighted by atomic mass is 16.4. The maximum atomic E-state index is 12.0. The molecule has 0 heterocycles. The number of aliphatic carboxylic acids is 1. The number of amides is 2. The van der Waals surface area contributed by atoms with Crippen LogP contribution in [0.4, 0.5) is 4.79 Å². The summed E-state index contributed by atoms with van der Waals surface area (Å²) in [5, 5.41) is 20.6. The lowest BCUT2D eigenvalue weighted by Gasteiger charge is -2.26. The number of nitrogens with one attached hydrogen (secondary N) is 1. The fourth-order valence-corrected chi connectivity index (χ4v) is 1.77. The molecular weight excluding hydrogens is 236 g/mol. The topological polar surface area (TPSA) is 89.9 Å². The minimum atomic E-state index is -1.25. The van der Waals surface area contributed by atoms with Crippen molar-refractivity contribution in [3.63, 3.8) is 0 Å². The molecule has 18 heavy (non-hydrogen) atoms. The standard InChI is InChI=1S/C12H22N2O4/c1-3-4-7-14(9-5-6-9)12(18)13-10(8(2)15)11(16)17/h8-10,15H,3-7H2,1-2H3,(H,13,18)(H,16,17)/t8-,10+/m1/s1. The first-order valence-corrected chi connectivity index (χ1v) is 6.45. The Morgan fingerprint density at radius 2 is 2.06 bits per heavy atom. The number of hydrogen-bond acceptors (Lipinski definition) is 3. The van der Waals surface area contributed by atoms with Gasteiger partial charge in [0.05, 0.1) is 6.10 Å². The second kappa shape index (κ2) is 6.58. The monoisotopic (exact) mass is 258 g/mol. The van der Waals surface area contributed by atoms with Crippen molar-refractivity contribution in [2.45, 2.75) is 57.7 Å². The molecule has 2 amide bonds. The average molecular weight is 258 g/mol. The Hall–Kier alpha value is -1.30. The number of aliphatic hydroxyl groups excluding tert-OH is 1. The van der Waals surface area contributed by atoms with Gasteiger partial charge in [0, 0.05) is 12.6 Å². The fraction of sp³-hybridized carbons (Fsp3) is 0.833. The van der Waals surface area contributed by atoms with E-state index in [9.17, 15) is 14.7 Å².